The summed E-state index contributed by atoms with van der Waals surface area (Å²) in [6, 6.07) is 13.6. The Kier molecular flexibility index (Phi) is 10.9. The average molecular weight is 603 g/mol. The van der Waals surface area contributed by atoms with Crippen LogP contribution in [0.3, 0.4) is 0 Å². The van der Waals surface area contributed by atoms with Crippen molar-refractivity contribution in [2.24, 2.45) is 0 Å². The zero-order chi connectivity index (χ0) is 30.7. The topological polar surface area (TPSA) is 128 Å². The summed E-state index contributed by atoms with van der Waals surface area (Å²) in [4.78, 5) is 38.8. The number of fused-ring (bicyclic) bond motifs is 2. The molecule has 43 heavy (non-hydrogen) atoms. The number of anilines is 1. The molecule has 0 radical (unpaired) electrons. The lowest BCUT2D eigenvalue weighted by atomic mass is 10.1. The van der Waals surface area contributed by atoms with Crippen LogP contribution in [0.25, 0.3) is 0 Å². The molecule has 2 N–H and O–H groups in total. The number of halogens is 3. The number of hydrogen-bond donors (Lipinski definition) is 2. The Hall–Kier alpha value is -4.62. The maximum Gasteiger partial charge on any atom is 0.422 e. The number of alkyl halides is 3. The molecule has 0 fully saturated rings. The third-order valence-corrected chi connectivity index (χ3v) is 6.39. The van der Waals surface area contributed by atoms with Crippen LogP contribution in [0.2, 0.25) is 0 Å². The fourth-order valence-corrected chi connectivity index (χ4v) is 4.20. The molecule has 0 atom stereocenters. The van der Waals surface area contributed by atoms with Crippen LogP contribution in [0, 0.1) is 0 Å². The Balaban J connectivity index is 1.52. The zero-order valence-corrected chi connectivity index (χ0v) is 23.7. The van der Waals surface area contributed by atoms with E-state index in [-0.39, 0.29) is 30.6 Å². The third-order valence-electron chi connectivity index (χ3n) is 6.39. The first-order valence-corrected chi connectivity index (χ1v) is 13.8. The maximum absolute atomic E-state index is 12.8. The molecule has 0 saturated carbocycles. The Morgan fingerprint density at radius 3 is 2.40 bits per heavy atom. The molecular formula is C29H33F3N6O5. The van der Waals surface area contributed by atoms with Crippen LogP contribution in [-0.2, 0) is 17.7 Å². The normalized spacial score (nSPS) is 15.3. The third kappa shape index (κ3) is 10.3. The van der Waals surface area contributed by atoms with Crippen molar-refractivity contribution in [3.05, 3.63) is 71.0 Å². The summed E-state index contributed by atoms with van der Waals surface area (Å²) in [6.07, 6.45) is -2.86. The van der Waals surface area contributed by atoms with E-state index in [0.717, 1.165) is 11.1 Å². The summed E-state index contributed by atoms with van der Waals surface area (Å²) in [5.74, 6) is 0.646. The van der Waals surface area contributed by atoms with Crippen molar-refractivity contribution < 1.29 is 37.0 Å². The molecule has 0 spiro atoms. The quantitative estimate of drug-likeness (QED) is 0.439. The largest absolute Gasteiger partial charge is 0.494 e. The molecular weight excluding hydrogens is 569 g/mol. The van der Waals surface area contributed by atoms with Crippen LogP contribution in [0.4, 0.5) is 23.9 Å². The second-order valence-corrected chi connectivity index (χ2v) is 9.75. The molecule has 0 saturated heterocycles. The first-order valence-electron chi connectivity index (χ1n) is 13.8. The zero-order valence-electron chi connectivity index (χ0n) is 23.7. The van der Waals surface area contributed by atoms with Gasteiger partial charge >= 0.3 is 18.3 Å². The van der Waals surface area contributed by atoms with Gasteiger partial charge in [-0.1, -0.05) is 24.3 Å². The van der Waals surface area contributed by atoms with Gasteiger partial charge in [0, 0.05) is 38.2 Å². The molecule has 0 unspecified atom stereocenters. The minimum Gasteiger partial charge on any atom is -0.494 e. The van der Waals surface area contributed by atoms with Crippen LogP contribution in [-0.4, -0.2) is 78.0 Å². The Morgan fingerprint density at radius 2 is 1.67 bits per heavy atom. The standard InChI is InChI=1S/C29H33F3N6O5/c1-41-28(40)38-14-2-3-16-42-23-11-7-21(8-12-23)18-34-26-35-24(36-27(37-26)43-19-29(30,31)32)17-20-5-9-22(10-6-20)25(39)33-13-4-15-38/h5-12H,2-4,13-19H2,1H3,(H,33,39)(H,34,35,36,37). The van der Waals surface area contributed by atoms with E-state index in [4.69, 9.17) is 14.2 Å². The molecule has 4 heterocycles. The summed E-state index contributed by atoms with van der Waals surface area (Å²) < 4.78 is 53.9. The van der Waals surface area contributed by atoms with Crippen LogP contribution in [0.1, 0.15) is 46.6 Å². The number of carbonyl (C=O) groups is 2. The highest BCUT2D eigenvalue weighted by molar-refractivity contribution is 5.94. The van der Waals surface area contributed by atoms with Gasteiger partial charge in [-0.15, -0.1) is 0 Å². The van der Waals surface area contributed by atoms with Crippen LogP contribution in [0.5, 0.6) is 11.8 Å². The van der Waals surface area contributed by atoms with Crippen molar-refractivity contribution in [2.75, 3.05) is 45.3 Å². The second-order valence-electron chi connectivity index (χ2n) is 9.75. The lowest BCUT2D eigenvalue weighted by molar-refractivity contribution is -0.154. The summed E-state index contributed by atoms with van der Waals surface area (Å²) in [7, 11) is 1.34. The molecule has 1 aromatic heterocycles. The van der Waals surface area contributed by atoms with E-state index in [1.807, 2.05) is 24.3 Å². The minimum absolute atomic E-state index is 0.0602. The lowest BCUT2D eigenvalue weighted by Gasteiger charge is -2.21. The monoisotopic (exact) mass is 602 g/mol. The predicted molar refractivity (Wildman–Crippen MR) is 150 cm³/mol. The van der Waals surface area contributed by atoms with Gasteiger partial charge in [0.15, 0.2) is 6.61 Å². The smallest absolute Gasteiger partial charge is 0.422 e. The van der Waals surface area contributed by atoms with E-state index >= 15 is 0 Å². The van der Waals surface area contributed by atoms with E-state index < -0.39 is 24.9 Å². The predicted octanol–water partition coefficient (Wildman–Crippen LogP) is 4.38. The number of rotatable bonds is 2. The fraction of sp³-hybridized carbons (Fsp3) is 0.414. The Bertz CT molecular complexity index is 1360. The minimum atomic E-state index is -4.56. The van der Waals surface area contributed by atoms with Crippen LogP contribution >= 0.6 is 0 Å². The van der Waals surface area contributed by atoms with Gasteiger partial charge in [-0.3, -0.25) is 4.79 Å². The van der Waals surface area contributed by atoms with Crippen LogP contribution < -0.4 is 20.1 Å². The fourth-order valence-electron chi connectivity index (χ4n) is 4.20. The first kappa shape index (κ1) is 31.3. The number of methoxy groups -OCH3 is 1. The van der Waals surface area contributed by atoms with E-state index in [1.54, 1.807) is 29.2 Å². The number of nitrogens with one attached hydrogen (secondary N) is 2. The molecule has 3 aliphatic rings. The number of hydrogen-bond acceptors (Lipinski definition) is 9. The lowest BCUT2D eigenvalue weighted by Crippen LogP contribution is -2.35. The highest BCUT2D eigenvalue weighted by atomic mass is 19.4. The van der Waals surface area contributed by atoms with Gasteiger partial charge in [0.05, 0.1) is 13.7 Å². The van der Waals surface area contributed by atoms with E-state index in [2.05, 4.69) is 25.6 Å². The number of ether oxygens (including phenoxy) is 3. The van der Waals surface area contributed by atoms with Gasteiger partial charge in [0.2, 0.25) is 5.95 Å². The van der Waals surface area contributed by atoms with Crippen molar-refractivity contribution in [1.82, 2.24) is 25.2 Å². The summed E-state index contributed by atoms with van der Waals surface area (Å²) in [6.45, 7) is 0.475. The van der Waals surface area contributed by atoms with Crippen molar-refractivity contribution >= 4 is 17.9 Å². The number of amides is 2. The van der Waals surface area contributed by atoms with Gasteiger partial charge < -0.3 is 29.7 Å². The van der Waals surface area contributed by atoms with Crippen molar-refractivity contribution in [1.29, 1.82) is 0 Å². The Labute approximate surface area is 246 Å². The molecule has 11 nitrogen and oxygen atoms in total. The molecule has 0 aliphatic carbocycles. The first-order chi connectivity index (χ1) is 20.7. The average Bonchev–Trinajstić information content (AvgIpc) is 2.99. The van der Waals surface area contributed by atoms with Gasteiger partial charge in [0.1, 0.15) is 11.6 Å². The molecule has 230 valence electrons. The molecule has 6 bridgehead atoms. The Morgan fingerprint density at radius 1 is 0.953 bits per heavy atom. The maximum atomic E-state index is 12.8. The number of nitrogens with zero attached hydrogens (tertiary/aromatic N) is 4. The number of carbonyl (C=O) groups excluding carboxylic acids is 2. The highest BCUT2D eigenvalue weighted by Crippen LogP contribution is 2.19. The molecule has 3 aromatic rings. The van der Waals surface area contributed by atoms with Gasteiger partial charge in [-0.25, -0.2) is 4.79 Å². The molecule has 6 rings (SSSR count). The van der Waals surface area contributed by atoms with E-state index in [1.165, 1.54) is 7.11 Å². The SMILES string of the molecule is COC(=O)N1CCCCOc2ccc(cc2)CNc2nc(nc(OCC(F)(F)F)n2)Cc2ccc(cc2)C(=O)NCCC1. The van der Waals surface area contributed by atoms with E-state index in [0.29, 0.717) is 56.8 Å². The number of benzene rings is 2. The second kappa shape index (κ2) is 15.0. The van der Waals surface area contributed by atoms with Gasteiger partial charge in [-0.2, -0.15) is 28.1 Å². The van der Waals surface area contributed by atoms with Crippen LogP contribution in [0.15, 0.2) is 48.5 Å². The van der Waals surface area contributed by atoms with Crippen molar-refractivity contribution in [2.45, 2.75) is 38.4 Å². The molecule has 3 aliphatic heterocycles. The highest BCUT2D eigenvalue weighted by Gasteiger charge is 2.29. The summed E-state index contributed by atoms with van der Waals surface area (Å²) in [5.41, 5.74) is 2.02. The van der Waals surface area contributed by atoms with Crippen molar-refractivity contribution in [3.63, 3.8) is 0 Å². The summed E-state index contributed by atoms with van der Waals surface area (Å²) >= 11 is 0. The van der Waals surface area contributed by atoms with Gasteiger partial charge in [0.25, 0.3) is 5.91 Å². The molecule has 2 amide bonds. The van der Waals surface area contributed by atoms with Gasteiger partial charge in [-0.05, 0) is 54.7 Å². The summed E-state index contributed by atoms with van der Waals surface area (Å²) in [5, 5.41) is 5.86. The van der Waals surface area contributed by atoms with Crippen molar-refractivity contribution in [3.8, 4) is 11.8 Å². The molecule has 2 aromatic carbocycles. The number of aromatic nitrogens is 3. The molecule has 14 heteroatoms. The van der Waals surface area contributed by atoms with E-state index in [9.17, 15) is 22.8 Å².